The maximum Gasteiger partial charge on any atom is 0.261 e. The molecule has 0 saturated heterocycles. The highest BCUT2D eigenvalue weighted by molar-refractivity contribution is 6.30. The molecular weight excluding hydrogens is 360 g/mol. The van der Waals surface area contributed by atoms with E-state index in [0.717, 1.165) is 5.56 Å². The monoisotopic (exact) mass is 376 g/mol. The van der Waals surface area contributed by atoms with Gasteiger partial charge in [0.2, 0.25) is 0 Å². The summed E-state index contributed by atoms with van der Waals surface area (Å²) in [6, 6.07) is 21.8. The lowest BCUT2D eigenvalue weighted by Gasteiger charge is -2.14. The molecule has 1 N–H and O–H groups in total. The Bertz CT molecular complexity index is 1170. The Morgan fingerprint density at radius 3 is 2.41 bits per heavy atom. The molecule has 0 saturated carbocycles. The van der Waals surface area contributed by atoms with Gasteiger partial charge < -0.3 is 5.11 Å². The lowest BCUT2D eigenvalue weighted by Crippen LogP contribution is -2.24. The van der Waals surface area contributed by atoms with E-state index in [4.69, 9.17) is 11.6 Å². The van der Waals surface area contributed by atoms with Crippen molar-refractivity contribution in [2.24, 2.45) is 0 Å². The van der Waals surface area contributed by atoms with Crippen LogP contribution in [0, 0.1) is 0 Å². The predicted octanol–water partition coefficient (Wildman–Crippen LogP) is 4.67. The van der Waals surface area contributed by atoms with Crippen molar-refractivity contribution in [3.8, 4) is 17.1 Å². The highest BCUT2D eigenvalue weighted by Gasteiger charge is 2.15. The maximum atomic E-state index is 13.1. The summed E-state index contributed by atoms with van der Waals surface area (Å²) in [4.78, 5) is 17.8. The van der Waals surface area contributed by atoms with E-state index in [1.165, 1.54) is 0 Å². The summed E-state index contributed by atoms with van der Waals surface area (Å²) in [6.07, 6.45) is 0.650. The lowest BCUT2D eigenvalue weighted by molar-refractivity contribution is 0.476. The third kappa shape index (κ3) is 3.44. The number of para-hydroxylation sites is 2. The molecule has 0 aliphatic heterocycles. The van der Waals surface area contributed by atoms with E-state index in [-0.39, 0.29) is 11.3 Å². The highest BCUT2D eigenvalue weighted by Crippen LogP contribution is 2.27. The quantitative estimate of drug-likeness (QED) is 0.563. The fourth-order valence-electron chi connectivity index (χ4n) is 3.14. The van der Waals surface area contributed by atoms with Gasteiger partial charge in [-0.1, -0.05) is 48.0 Å². The topological polar surface area (TPSA) is 55.1 Å². The van der Waals surface area contributed by atoms with Crippen molar-refractivity contribution in [2.45, 2.75) is 13.0 Å². The molecule has 1 aromatic heterocycles. The molecule has 5 heteroatoms. The molecule has 1 heterocycles. The van der Waals surface area contributed by atoms with Gasteiger partial charge in [-0.05, 0) is 48.4 Å². The van der Waals surface area contributed by atoms with E-state index < -0.39 is 0 Å². The van der Waals surface area contributed by atoms with Crippen LogP contribution in [0.2, 0.25) is 5.02 Å². The van der Waals surface area contributed by atoms with E-state index in [2.05, 4.69) is 4.98 Å². The third-order valence-corrected chi connectivity index (χ3v) is 4.80. The molecule has 0 aliphatic rings. The van der Waals surface area contributed by atoms with Gasteiger partial charge in [0.1, 0.15) is 11.6 Å². The molecule has 0 atom stereocenters. The number of fused-ring (bicyclic) bond motifs is 1. The largest absolute Gasteiger partial charge is 0.507 e. The zero-order chi connectivity index (χ0) is 18.8. The average Bonchev–Trinajstić information content (AvgIpc) is 2.69. The number of phenolic OH excluding ortho intramolecular Hbond substituents is 1. The second kappa shape index (κ2) is 7.25. The summed E-state index contributed by atoms with van der Waals surface area (Å²) >= 11 is 5.95. The zero-order valence-corrected chi connectivity index (χ0v) is 15.2. The van der Waals surface area contributed by atoms with Crippen molar-refractivity contribution in [3.63, 3.8) is 0 Å². The summed E-state index contributed by atoms with van der Waals surface area (Å²) in [5.74, 6) is 0.561. The van der Waals surface area contributed by atoms with Crippen molar-refractivity contribution in [1.29, 1.82) is 0 Å². The number of hydrogen-bond acceptors (Lipinski definition) is 3. The van der Waals surface area contributed by atoms with Gasteiger partial charge in [0, 0.05) is 11.6 Å². The van der Waals surface area contributed by atoms with Gasteiger partial charge in [0.25, 0.3) is 5.56 Å². The fraction of sp³-hybridized carbons (Fsp3) is 0.0909. The molecular formula is C22H17ClN2O2. The number of aryl methyl sites for hydroxylation is 1. The van der Waals surface area contributed by atoms with Crippen LogP contribution in [0.3, 0.4) is 0 Å². The first-order valence-corrected chi connectivity index (χ1v) is 9.03. The van der Waals surface area contributed by atoms with Crippen LogP contribution in [-0.4, -0.2) is 14.7 Å². The minimum atomic E-state index is -0.118. The molecule has 0 amide bonds. The number of aromatic nitrogens is 2. The normalized spacial score (nSPS) is 11.0. The second-order valence-corrected chi connectivity index (χ2v) is 6.74. The van der Waals surface area contributed by atoms with Gasteiger partial charge >= 0.3 is 0 Å². The highest BCUT2D eigenvalue weighted by atomic mass is 35.5. The van der Waals surface area contributed by atoms with E-state index in [1.807, 2.05) is 48.5 Å². The van der Waals surface area contributed by atoms with Gasteiger partial charge in [-0.2, -0.15) is 0 Å². The Balaban J connectivity index is 1.85. The first-order chi connectivity index (χ1) is 13.1. The smallest absolute Gasteiger partial charge is 0.261 e. The van der Waals surface area contributed by atoms with Crippen molar-refractivity contribution in [3.05, 3.63) is 93.7 Å². The molecule has 134 valence electrons. The van der Waals surface area contributed by atoms with E-state index in [1.54, 1.807) is 28.8 Å². The number of phenols is 1. The van der Waals surface area contributed by atoms with Crippen LogP contribution in [0.25, 0.3) is 22.3 Å². The molecule has 0 unspecified atom stereocenters. The summed E-state index contributed by atoms with van der Waals surface area (Å²) < 4.78 is 1.63. The number of rotatable bonds is 4. The first-order valence-electron chi connectivity index (χ1n) is 8.66. The minimum absolute atomic E-state index is 0.0972. The fourth-order valence-corrected chi connectivity index (χ4v) is 3.26. The SMILES string of the molecule is O=c1c2ccccc2nc(-c2ccccc2O)n1CCc1ccc(Cl)cc1. The van der Waals surface area contributed by atoms with Crippen LogP contribution in [0.15, 0.2) is 77.6 Å². The molecule has 0 fully saturated rings. The van der Waals surface area contributed by atoms with Crippen LogP contribution in [-0.2, 0) is 13.0 Å². The molecule has 3 aromatic carbocycles. The van der Waals surface area contributed by atoms with Crippen LogP contribution >= 0.6 is 11.6 Å². The third-order valence-electron chi connectivity index (χ3n) is 4.54. The Hall–Kier alpha value is -3.11. The van der Waals surface area contributed by atoms with Crippen molar-refractivity contribution >= 4 is 22.5 Å². The zero-order valence-electron chi connectivity index (χ0n) is 14.5. The number of halogens is 1. The van der Waals surface area contributed by atoms with E-state index >= 15 is 0 Å². The van der Waals surface area contributed by atoms with Gasteiger partial charge in [-0.15, -0.1) is 0 Å². The number of aromatic hydroxyl groups is 1. The molecule has 4 rings (SSSR count). The second-order valence-electron chi connectivity index (χ2n) is 6.30. The molecule has 0 bridgehead atoms. The predicted molar refractivity (Wildman–Crippen MR) is 108 cm³/mol. The van der Waals surface area contributed by atoms with Gasteiger partial charge in [-0.3, -0.25) is 9.36 Å². The summed E-state index contributed by atoms with van der Waals surface area (Å²) in [5.41, 5.74) is 2.11. The van der Waals surface area contributed by atoms with Crippen LogP contribution in [0.4, 0.5) is 0 Å². The molecule has 4 aromatic rings. The Labute approximate surface area is 161 Å². The van der Waals surface area contributed by atoms with Crippen molar-refractivity contribution < 1.29 is 5.11 Å². The summed E-state index contributed by atoms with van der Waals surface area (Å²) in [5, 5.41) is 11.5. The summed E-state index contributed by atoms with van der Waals surface area (Å²) in [7, 11) is 0. The van der Waals surface area contributed by atoms with Crippen LogP contribution in [0.1, 0.15) is 5.56 Å². The van der Waals surface area contributed by atoms with Gasteiger partial charge in [0.15, 0.2) is 0 Å². The average molecular weight is 377 g/mol. The molecule has 27 heavy (non-hydrogen) atoms. The van der Waals surface area contributed by atoms with Crippen LogP contribution in [0.5, 0.6) is 5.75 Å². The molecule has 0 spiro atoms. The Morgan fingerprint density at radius 2 is 1.63 bits per heavy atom. The standard InChI is InChI=1S/C22H17ClN2O2/c23-16-11-9-15(10-12-16)13-14-25-21(18-6-2-4-8-20(18)26)24-19-7-3-1-5-17(19)22(25)27/h1-12,26H,13-14H2. The van der Waals surface area contributed by atoms with E-state index in [0.29, 0.717) is 40.3 Å². The molecule has 0 radical (unpaired) electrons. The van der Waals surface area contributed by atoms with Crippen molar-refractivity contribution in [2.75, 3.05) is 0 Å². The lowest BCUT2D eigenvalue weighted by atomic mass is 10.1. The van der Waals surface area contributed by atoms with Gasteiger partial charge in [0.05, 0.1) is 16.5 Å². The maximum absolute atomic E-state index is 13.1. The van der Waals surface area contributed by atoms with Crippen molar-refractivity contribution in [1.82, 2.24) is 9.55 Å². The Morgan fingerprint density at radius 1 is 0.926 bits per heavy atom. The molecule has 4 nitrogen and oxygen atoms in total. The van der Waals surface area contributed by atoms with Crippen LogP contribution < -0.4 is 5.56 Å². The van der Waals surface area contributed by atoms with Gasteiger partial charge in [-0.25, -0.2) is 4.98 Å². The molecule has 0 aliphatic carbocycles. The van der Waals surface area contributed by atoms with E-state index in [9.17, 15) is 9.90 Å². The minimum Gasteiger partial charge on any atom is -0.507 e. The Kier molecular flexibility index (Phi) is 4.65. The first kappa shape index (κ1) is 17.3. The summed E-state index contributed by atoms with van der Waals surface area (Å²) in [6.45, 7) is 0.446. The number of benzene rings is 3. The number of nitrogens with zero attached hydrogens (tertiary/aromatic N) is 2. The number of hydrogen-bond donors (Lipinski definition) is 1.